The highest BCUT2D eigenvalue weighted by atomic mass is 16.5. The van der Waals surface area contributed by atoms with Crippen molar-refractivity contribution in [3.8, 4) is 5.75 Å². The second-order valence-electron chi connectivity index (χ2n) is 6.99. The van der Waals surface area contributed by atoms with Crippen LogP contribution in [-0.2, 0) is 0 Å². The summed E-state index contributed by atoms with van der Waals surface area (Å²) in [5, 5.41) is 3.83. The third-order valence-corrected chi connectivity index (χ3v) is 4.68. The topological polar surface area (TPSA) is 21.3 Å². The Labute approximate surface area is 130 Å². The standard InChI is InChI=1S/C19H31NO/c1-14(2)12-16-8-7-9-17(13-16)20-15(3)18-10-5-6-11-19(18)21-4/h5-6,10-11,14-17,20H,7-9,12-13H2,1-4H3. The van der Waals surface area contributed by atoms with Gasteiger partial charge in [-0.3, -0.25) is 0 Å². The van der Waals surface area contributed by atoms with Gasteiger partial charge in [-0.1, -0.05) is 44.9 Å². The van der Waals surface area contributed by atoms with E-state index in [9.17, 15) is 0 Å². The Hall–Kier alpha value is -1.02. The SMILES string of the molecule is COc1ccccc1C(C)NC1CCCC(CC(C)C)C1. The summed E-state index contributed by atoms with van der Waals surface area (Å²) in [6, 6.07) is 9.36. The summed E-state index contributed by atoms with van der Waals surface area (Å²) in [7, 11) is 1.75. The molecule has 1 aromatic carbocycles. The van der Waals surface area contributed by atoms with E-state index in [4.69, 9.17) is 4.74 Å². The molecule has 0 amide bonds. The first-order chi connectivity index (χ1) is 10.1. The predicted molar refractivity (Wildman–Crippen MR) is 89.7 cm³/mol. The van der Waals surface area contributed by atoms with Crippen LogP contribution in [0.1, 0.15) is 64.5 Å². The molecule has 0 bridgehead atoms. The van der Waals surface area contributed by atoms with Crippen molar-refractivity contribution < 1.29 is 4.74 Å². The minimum atomic E-state index is 0.351. The Balaban J connectivity index is 1.94. The first-order valence-corrected chi connectivity index (χ1v) is 8.49. The van der Waals surface area contributed by atoms with Crippen LogP contribution in [0.15, 0.2) is 24.3 Å². The second-order valence-corrected chi connectivity index (χ2v) is 6.99. The minimum absolute atomic E-state index is 0.351. The fraction of sp³-hybridized carbons (Fsp3) is 0.684. The van der Waals surface area contributed by atoms with Gasteiger partial charge in [0.1, 0.15) is 5.75 Å². The average molecular weight is 289 g/mol. The quantitative estimate of drug-likeness (QED) is 0.800. The Bertz CT molecular complexity index is 429. The monoisotopic (exact) mass is 289 g/mol. The first-order valence-electron chi connectivity index (χ1n) is 8.49. The van der Waals surface area contributed by atoms with Crippen molar-refractivity contribution in [1.82, 2.24) is 5.32 Å². The molecule has 2 nitrogen and oxygen atoms in total. The molecule has 1 fully saturated rings. The van der Waals surface area contributed by atoms with Crippen molar-refractivity contribution in [3.63, 3.8) is 0 Å². The van der Waals surface area contributed by atoms with Crippen LogP contribution in [0.3, 0.4) is 0 Å². The minimum Gasteiger partial charge on any atom is -0.496 e. The molecule has 0 radical (unpaired) electrons. The maximum Gasteiger partial charge on any atom is 0.123 e. The lowest BCUT2D eigenvalue weighted by Gasteiger charge is -2.33. The molecule has 118 valence electrons. The second kappa shape index (κ2) is 7.84. The Morgan fingerprint density at radius 2 is 1.95 bits per heavy atom. The van der Waals surface area contributed by atoms with Crippen molar-refractivity contribution >= 4 is 0 Å². The van der Waals surface area contributed by atoms with Crippen LogP contribution in [0.5, 0.6) is 5.75 Å². The third kappa shape index (κ3) is 4.74. The van der Waals surface area contributed by atoms with Gasteiger partial charge < -0.3 is 10.1 Å². The molecule has 3 unspecified atom stereocenters. The van der Waals surface area contributed by atoms with Crippen LogP contribution in [0.4, 0.5) is 0 Å². The molecule has 21 heavy (non-hydrogen) atoms. The van der Waals surface area contributed by atoms with Gasteiger partial charge in [-0.05, 0) is 44.1 Å². The fourth-order valence-corrected chi connectivity index (χ4v) is 3.79. The smallest absolute Gasteiger partial charge is 0.123 e. The molecule has 3 atom stereocenters. The zero-order valence-corrected chi connectivity index (χ0v) is 14.1. The molecule has 2 rings (SSSR count). The lowest BCUT2D eigenvalue weighted by molar-refractivity contribution is 0.241. The maximum atomic E-state index is 5.49. The number of benzene rings is 1. The van der Waals surface area contributed by atoms with E-state index in [1.807, 2.05) is 6.07 Å². The highest BCUT2D eigenvalue weighted by Crippen LogP contribution is 2.32. The molecular formula is C19H31NO. The molecule has 0 saturated heterocycles. The van der Waals surface area contributed by atoms with Gasteiger partial charge in [0.25, 0.3) is 0 Å². The zero-order chi connectivity index (χ0) is 15.2. The molecular weight excluding hydrogens is 258 g/mol. The molecule has 0 spiro atoms. The number of ether oxygens (including phenoxy) is 1. The van der Waals surface area contributed by atoms with E-state index in [1.165, 1.54) is 37.7 Å². The van der Waals surface area contributed by atoms with Gasteiger partial charge in [-0.25, -0.2) is 0 Å². The van der Waals surface area contributed by atoms with Crippen LogP contribution in [0.2, 0.25) is 0 Å². The average Bonchev–Trinajstić information content (AvgIpc) is 2.46. The van der Waals surface area contributed by atoms with Crippen LogP contribution in [-0.4, -0.2) is 13.2 Å². The molecule has 1 aromatic rings. The maximum absolute atomic E-state index is 5.49. The Kier molecular flexibility index (Phi) is 6.10. The number of para-hydroxylation sites is 1. The number of hydrogen-bond donors (Lipinski definition) is 1. The van der Waals surface area contributed by atoms with Gasteiger partial charge >= 0.3 is 0 Å². The van der Waals surface area contributed by atoms with E-state index in [2.05, 4.69) is 44.3 Å². The van der Waals surface area contributed by atoms with Gasteiger partial charge in [-0.2, -0.15) is 0 Å². The molecule has 1 N–H and O–H groups in total. The van der Waals surface area contributed by atoms with Crippen molar-refractivity contribution in [2.75, 3.05) is 7.11 Å². The lowest BCUT2D eigenvalue weighted by Crippen LogP contribution is -2.36. The predicted octanol–water partition coefficient (Wildman–Crippen LogP) is 4.95. The molecule has 1 aliphatic rings. The molecule has 2 heteroatoms. The molecule has 0 aliphatic heterocycles. The third-order valence-electron chi connectivity index (χ3n) is 4.68. The van der Waals surface area contributed by atoms with Gasteiger partial charge in [-0.15, -0.1) is 0 Å². The van der Waals surface area contributed by atoms with E-state index in [1.54, 1.807) is 7.11 Å². The van der Waals surface area contributed by atoms with E-state index in [0.29, 0.717) is 12.1 Å². The summed E-state index contributed by atoms with van der Waals surface area (Å²) in [5.74, 6) is 2.72. The van der Waals surface area contributed by atoms with E-state index >= 15 is 0 Å². The number of methoxy groups -OCH3 is 1. The highest BCUT2D eigenvalue weighted by molar-refractivity contribution is 5.35. The summed E-state index contributed by atoms with van der Waals surface area (Å²) in [6.45, 7) is 6.94. The van der Waals surface area contributed by atoms with Crippen LogP contribution >= 0.6 is 0 Å². The van der Waals surface area contributed by atoms with E-state index in [0.717, 1.165) is 17.6 Å². The molecule has 1 aliphatic carbocycles. The number of nitrogens with one attached hydrogen (secondary N) is 1. The van der Waals surface area contributed by atoms with Gasteiger partial charge in [0.15, 0.2) is 0 Å². The number of hydrogen-bond acceptors (Lipinski definition) is 2. The molecule has 0 aromatic heterocycles. The Morgan fingerprint density at radius 1 is 1.19 bits per heavy atom. The van der Waals surface area contributed by atoms with Crippen molar-refractivity contribution in [2.24, 2.45) is 11.8 Å². The molecule has 0 heterocycles. The first kappa shape index (κ1) is 16.4. The zero-order valence-electron chi connectivity index (χ0n) is 14.1. The van der Waals surface area contributed by atoms with E-state index in [-0.39, 0.29) is 0 Å². The molecule has 1 saturated carbocycles. The van der Waals surface area contributed by atoms with Crippen LogP contribution < -0.4 is 10.1 Å². The summed E-state index contributed by atoms with van der Waals surface area (Å²) < 4.78 is 5.49. The fourth-order valence-electron chi connectivity index (χ4n) is 3.79. The van der Waals surface area contributed by atoms with Crippen LogP contribution in [0, 0.1) is 11.8 Å². The summed E-state index contributed by atoms with van der Waals surface area (Å²) >= 11 is 0. The van der Waals surface area contributed by atoms with E-state index < -0.39 is 0 Å². The largest absolute Gasteiger partial charge is 0.496 e. The highest BCUT2D eigenvalue weighted by Gasteiger charge is 2.24. The normalized spacial score (nSPS) is 24.0. The summed E-state index contributed by atoms with van der Waals surface area (Å²) in [4.78, 5) is 0. The van der Waals surface area contributed by atoms with Crippen molar-refractivity contribution in [2.45, 2.75) is 65.0 Å². The van der Waals surface area contributed by atoms with Crippen molar-refractivity contribution in [3.05, 3.63) is 29.8 Å². The van der Waals surface area contributed by atoms with Crippen molar-refractivity contribution in [1.29, 1.82) is 0 Å². The Morgan fingerprint density at radius 3 is 2.67 bits per heavy atom. The van der Waals surface area contributed by atoms with Gasteiger partial charge in [0.05, 0.1) is 7.11 Å². The summed E-state index contributed by atoms with van der Waals surface area (Å²) in [6.07, 6.45) is 6.81. The number of rotatable bonds is 6. The van der Waals surface area contributed by atoms with Gasteiger partial charge in [0.2, 0.25) is 0 Å². The lowest BCUT2D eigenvalue weighted by atomic mass is 9.81. The van der Waals surface area contributed by atoms with Crippen LogP contribution in [0.25, 0.3) is 0 Å². The summed E-state index contributed by atoms with van der Waals surface area (Å²) in [5.41, 5.74) is 1.27. The van der Waals surface area contributed by atoms with Gasteiger partial charge in [0, 0.05) is 17.6 Å².